The van der Waals surface area contributed by atoms with E-state index >= 15 is 0 Å². The van der Waals surface area contributed by atoms with Crippen molar-refractivity contribution in [1.82, 2.24) is 0 Å². The number of hydrogen-bond acceptors (Lipinski definition) is 5. The fourth-order valence-corrected chi connectivity index (χ4v) is 1.33. The number of carbonyl (C=O) groups is 2. The third-order valence-corrected chi connectivity index (χ3v) is 2.17. The van der Waals surface area contributed by atoms with Crippen LogP contribution in [-0.4, -0.2) is 37.7 Å². The van der Waals surface area contributed by atoms with Crippen molar-refractivity contribution in [1.29, 1.82) is 0 Å². The monoisotopic (exact) mass is 206 g/mol. The number of rotatable bonds is 7. The largest absolute Gasteiger partial charge is 0.464 e. The van der Waals surface area contributed by atoms with E-state index in [0.29, 0.717) is 6.47 Å². The molecular weight excluding hydrogens is 192 g/mol. The highest BCUT2D eigenvalue weighted by Gasteiger charge is 2.12. The highest BCUT2D eigenvalue weighted by atomic mass is 32.2. The van der Waals surface area contributed by atoms with Crippen molar-refractivity contribution in [3.63, 3.8) is 0 Å². The fourth-order valence-electron chi connectivity index (χ4n) is 0.699. The predicted molar refractivity (Wildman–Crippen MR) is 50.5 cm³/mol. The van der Waals surface area contributed by atoms with Crippen LogP contribution in [0.1, 0.15) is 6.92 Å². The van der Waals surface area contributed by atoms with Gasteiger partial charge in [0, 0.05) is 5.75 Å². The molecule has 13 heavy (non-hydrogen) atoms. The van der Waals surface area contributed by atoms with E-state index in [2.05, 4.69) is 4.74 Å². The Morgan fingerprint density at radius 2 is 2.23 bits per heavy atom. The second-order valence-corrected chi connectivity index (χ2v) is 3.40. The lowest BCUT2D eigenvalue weighted by atomic mass is 10.2. The molecule has 0 aliphatic rings. The van der Waals surface area contributed by atoms with Crippen LogP contribution in [0.25, 0.3) is 0 Å². The van der Waals surface area contributed by atoms with Crippen molar-refractivity contribution in [2.45, 2.75) is 6.92 Å². The molecule has 0 aromatic carbocycles. The minimum absolute atomic E-state index is 0.105. The molecule has 0 aliphatic heterocycles. The Morgan fingerprint density at radius 3 is 2.77 bits per heavy atom. The minimum Gasteiger partial charge on any atom is -0.464 e. The first-order valence-corrected chi connectivity index (χ1v) is 5.32. The summed E-state index contributed by atoms with van der Waals surface area (Å²) in [6.45, 7) is 2.40. The molecule has 1 unspecified atom stereocenters. The van der Waals surface area contributed by atoms with E-state index in [9.17, 15) is 9.59 Å². The second kappa shape index (κ2) is 7.91. The van der Waals surface area contributed by atoms with Gasteiger partial charge >= 0.3 is 5.97 Å². The zero-order chi connectivity index (χ0) is 10.1. The molecule has 0 aromatic rings. The third kappa shape index (κ3) is 6.45. The van der Waals surface area contributed by atoms with Gasteiger partial charge in [0.05, 0.1) is 5.92 Å². The van der Waals surface area contributed by atoms with Crippen LogP contribution in [0.3, 0.4) is 0 Å². The summed E-state index contributed by atoms with van der Waals surface area (Å²) >= 11 is 1.59. The Labute approximate surface area is 82.0 Å². The maximum absolute atomic E-state index is 11.1. The smallest absolute Gasteiger partial charge is 0.309 e. The fraction of sp³-hybridized carbons (Fsp3) is 0.750. The van der Waals surface area contributed by atoms with Crippen LogP contribution in [0.5, 0.6) is 0 Å². The number of esters is 1. The van der Waals surface area contributed by atoms with Crippen molar-refractivity contribution in [3.8, 4) is 0 Å². The van der Waals surface area contributed by atoms with Gasteiger partial charge in [0.15, 0.2) is 0 Å². The molecule has 4 nitrogen and oxygen atoms in total. The van der Waals surface area contributed by atoms with Crippen LogP contribution in [0.2, 0.25) is 0 Å². The first-order valence-electron chi connectivity index (χ1n) is 3.93. The number of ether oxygens (including phenoxy) is 2. The van der Waals surface area contributed by atoms with Crippen LogP contribution in [-0.2, 0) is 19.1 Å². The zero-order valence-electron chi connectivity index (χ0n) is 7.82. The summed E-state index contributed by atoms with van der Waals surface area (Å²) in [6, 6.07) is 0. The average molecular weight is 206 g/mol. The molecule has 0 heterocycles. The molecule has 0 amide bonds. The molecule has 0 saturated heterocycles. The zero-order valence-corrected chi connectivity index (χ0v) is 8.63. The van der Waals surface area contributed by atoms with E-state index in [0.717, 1.165) is 5.75 Å². The van der Waals surface area contributed by atoms with Gasteiger partial charge in [0.1, 0.15) is 13.2 Å². The lowest BCUT2D eigenvalue weighted by molar-refractivity contribution is -0.150. The summed E-state index contributed by atoms with van der Waals surface area (Å²) < 4.78 is 9.18. The Morgan fingerprint density at radius 1 is 1.54 bits per heavy atom. The van der Waals surface area contributed by atoms with Gasteiger partial charge in [-0.3, -0.25) is 9.59 Å². The van der Waals surface area contributed by atoms with E-state index in [4.69, 9.17) is 4.74 Å². The Hall–Kier alpha value is -0.710. The summed E-state index contributed by atoms with van der Waals surface area (Å²) in [5.41, 5.74) is 0. The number of hydrogen-bond donors (Lipinski definition) is 0. The van der Waals surface area contributed by atoms with Crippen molar-refractivity contribution in [2.75, 3.05) is 25.2 Å². The lowest BCUT2D eigenvalue weighted by Crippen LogP contribution is -2.19. The molecule has 0 radical (unpaired) electrons. The number of thioether (sulfide) groups is 1. The van der Waals surface area contributed by atoms with E-state index in [-0.39, 0.29) is 25.1 Å². The van der Waals surface area contributed by atoms with Crippen LogP contribution < -0.4 is 0 Å². The van der Waals surface area contributed by atoms with Crippen LogP contribution in [0.15, 0.2) is 0 Å². The molecule has 5 heteroatoms. The first-order chi connectivity index (χ1) is 6.22. The average Bonchev–Trinajstić information content (AvgIpc) is 2.12. The molecule has 0 aromatic heterocycles. The van der Waals surface area contributed by atoms with E-state index < -0.39 is 0 Å². The number of carbonyl (C=O) groups excluding carboxylic acids is 2. The molecule has 0 saturated carbocycles. The summed E-state index contributed by atoms with van der Waals surface area (Å²) in [6.07, 6.45) is 1.93. The molecule has 76 valence electrons. The van der Waals surface area contributed by atoms with Crippen molar-refractivity contribution in [3.05, 3.63) is 0 Å². The maximum Gasteiger partial charge on any atom is 0.309 e. The quantitative estimate of drug-likeness (QED) is 0.349. The summed E-state index contributed by atoms with van der Waals surface area (Å²) in [5, 5.41) is 0. The molecule has 1 atom stereocenters. The Bertz CT molecular complexity index is 160. The topological polar surface area (TPSA) is 52.6 Å². The summed E-state index contributed by atoms with van der Waals surface area (Å²) in [5.74, 6) is 0.392. The normalized spacial score (nSPS) is 11.8. The van der Waals surface area contributed by atoms with Gasteiger partial charge in [-0.1, -0.05) is 6.92 Å². The Kier molecular flexibility index (Phi) is 7.48. The van der Waals surface area contributed by atoms with E-state index in [1.54, 1.807) is 18.7 Å². The van der Waals surface area contributed by atoms with E-state index in [1.165, 1.54) is 0 Å². The molecule has 0 N–H and O–H groups in total. The third-order valence-electron chi connectivity index (χ3n) is 1.33. The van der Waals surface area contributed by atoms with Gasteiger partial charge in [-0.25, -0.2) is 0 Å². The standard InChI is InChI=1S/C8H14O4S/c1-7(5-13-2)8(10)12-4-3-11-6-9/h6-7H,3-5H2,1-2H3. The summed E-state index contributed by atoms with van der Waals surface area (Å²) in [7, 11) is 0. The predicted octanol–water partition coefficient (Wildman–Crippen LogP) is 0.702. The molecule has 0 spiro atoms. The van der Waals surface area contributed by atoms with Gasteiger partial charge in [-0.05, 0) is 6.26 Å². The summed E-state index contributed by atoms with van der Waals surface area (Å²) in [4.78, 5) is 20.8. The molecule has 0 rings (SSSR count). The van der Waals surface area contributed by atoms with Crippen molar-refractivity contribution >= 4 is 24.2 Å². The highest BCUT2D eigenvalue weighted by molar-refractivity contribution is 7.98. The molecular formula is C8H14O4S. The minimum atomic E-state index is -0.246. The van der Waals surface area contributed by atoms with Crippen LogP contribution in [0.4, 0.5) is 0 Å². The van der Waals surface area contributed by atoms with Gasteiger partial charge in [0.2, 0.25) is 0 Å². The van der Waals surface area contributed by atoms with E-state index in [1.807, 2.05) is 6.26 Å². The molecule has 0 aliphatic carbocycles. The van der Waals surface area contributed by atoms with Gasteiger partial charge < -0.3 is 9.47 Å². The van der Waals surface area contributed by atoms with Gasteiger partial charge in [-0.15, -0.1) is 0 Å². The first kappa shape index (κ1) is 12.3. The maximum atomic E-state index is 11.1. The highest BCUT2D eigenvalue weighted by Crippen LogP contribution is 2.05. The van der Waals surface area contributed by atoms with Gasteiger partial charge in [-0.2, -0.15) is 11.8 Å². The second-order valence-electron chi connectivity index (χ2n) is 2.49. The van der Waals surface area contributed by atoms with Crippen LogP contribution >= 0.6 is 11.8 Å². The molecule has 0 bridgehead atoms. The van der Waals surface area contributed by atoms with Gasteiger partial charge in [0.25, 0.3) is 6.47 Å². The Balaban J connectivity index is 3.43. The van der Waals surface area contributed by atoms with Crippen LogP contribution in [0, 0.1) is 5.92 Å². The SMILES string of the molecule is CSCC(C)C(=O)OCCOC=O. The van der Waals surface area contributed by atoms with Crippen molar-refractivity contribution in [2.24, 2.45) is 5.92 Å². The van der Waals surface area contributed by atoms with Crippen molar-refractivity contribution < 1.29 is 19.1 Å². The molecule has 0 fully saturated rings. The lowest BCUT2D eigenvalue weighted by Gasteiger charge is -2.09.